The van der Waals surface area contributed by atoms with Gasteiger partial charge in [-0.2, -0.15) is 0 Å². The molecule has 0 radical (unpaired) electrons. The van der Waals surface area contributed by atoms with E-state index in [1.807, 2.05) is 13.1 Å². The lowest BCUT2D eigenvalue weighted by atomic mass is 10.1. The number of halogens is 1. The van der Waals surface area contributed by atoms with Gasteiger partial charge in [-0.1, -0.05) is 24.6 Å². The van der Waals surface area contributed by atoms with Crippen molar-refractivity contribution in [3.63, 3.8) is 0 Å². The molecule has 26 heavy (non-hydrogen) atoms. The van der Waals surface area contributed by atoms with Crippen molar-refractivity contribution in [1.29, 1.82) is 0 Å². The maximum atomic E-state index is 5.98. The van der Waals surface area contributed by atoms with Gasteiger partial charge in [0.15, 0.2) is 5.96 Å². The zero-order chi connectivity index (χ0) is 17.3. The number of benzene rings is 1. The van der Waals surface area contributed by atoms with E-state index in [1.165, 1.54) is 50.8 Å². The number of rotatable bonds is 8. The van der Waals surface area contributed by atoms with Crippen LogP contribution in [0.25, 0.3) is 0 Å². The Morgan fingerprint density at radius 1 is 1.15 bits per heavy atom. The second kappa shape index (κ2) is 11.6. The summed E-state index contributed by atoms with van der Waals surface area (Å²) >= 11 is 0. The van der Waals surface area contributed by atoms with Crippen LogP contribution in [0.3, 0.4) is 0 Å². The summed E-state index contributed by atoms with van der Waals surface area (Å²) in [5.74, 6) is 2.62. The van der Waals surface area contributed by atoms with Crippen LogP contribution in [-0.4, -0.2) is 50.7 Å². The number of hydrogen-bond donors (Lipinski definition) is 2. The fraction of sp³-hybridized carbons (Fsp3) is 0.650. The lowest BCUT2D eigenvalue weighted by molar-refractivity contribution is 0.232. The van der Waals surface area contributed by atoms with Crippen molar-refractivity contribution in [3.8, 4) is 5.75 Å². The van der Waals surface area contributed by atoms with Gasteiger partial charge in [0.05, 0.1) is 6.61 Å². The summed E-state index contributed by atoms with van der Waals surface area (Å²) < 4.78 is 5.98. The summed E-state index contributed by atoms with van der Waals surface area (Å²) in [6.45, 7) is 6.06. The number of piperidine rings is 1. The van der Waals surface area contributed by atoms with Crippen molar-refractivity contribution in [1.82, 2.24) is 15.5 Å². The number of guanidine groups is 1. The van der Waals surface area contributed by atoms with Crippen molar-refractivity contribution in [2.45, 2.75) is 38.6 Å². The average molecular weight is 472 g/mol. The van der Waals surface area contributed by atoms with Gasteiger partial charge in [0, 0.05) is 32.2 Å². The van der Waals surface area contributed by atoms with Gasteiger partial charge in [0.2, 0.25) is 0 Å². The van der Waals surface area contributed by atoms with Crippen LogP contribution in [0.4, 0.5) is 0 Å². The zero-order valence-corrected chi connectivity index (χ0v) is 18.2. The summed E-state index contributed by atoms with van der Waals surface area (Å²) in [5.41, 5.74) is 1.18. The summed E-state index contributed by atoms with van der Waals surface area (Å²) in [7, 11) is 1.83. The number of hydrogen-bond acceptors (Lipinski definition) is 3. The maximum absolute atomic E-state index is 5.98. The molecular weight excluding hydrogens is 439 g/mol. The summed E-state index contributed by atoms with van der Waals surface area (Å²) in [6.07, 6.45) is 6.69. The molecule has 0 spiro atoms. The van der Waals surface area contributed by atoms with Gasteiger partial charge in [-0.15, -0.1) is 24.0 Å². The standard InChI is InChI=1S/C20H32N4O.HI/c1-21-20(22-11-14-24-12-5-2-6-13-24)23-15-18-7-3-4-8-19(18)25-16-17-9-10-17;/h3-4,7-8,17H,2,5-6,9-16H2,1H3,(H2,21,22,23);1H. The Labute approximate surface area is 175 Å². The molecule has 3 rings (SSSR count). The lowest BCUT2D eigenvalue weighted by Gasteiger charge is -2.26. The van der Waals surface area contributed by atoms with Gasteiger partial charge in [0.1, 0.15) is 5.75 Å². The molecule has 6 heteroatoms. The highest BCUT2D eigenvalue weighted by atomic mass is 127. The van der Waals surface area contributed by atoms with Crippen molar-refractivity contribution >= 4 is 29.9 Å². The maximum Gasteiger partial charge on any atom is 0.191 e. The molecule has 0 aromatic heterocycles. The first-order valence-electron chi connectivity index (χ1n) is 9.73. The van der Waals surface area contributed by atoms with Gasteiger partial charge in [-0.05, 0) is 50.8 Å². The molecule has 5 nitrogen and oxygen atoms in total. The number of para-hydroxylation sites is 1. The van der Waals surface area contributed by atoms with Crippen LogP contribution in [0, 0.1) is 5.92 Å². The van der Waals surface area contributed by atoms with Crippen molar-refractivity contribution in [2.75, 3.05) is 39.8 Å². The highest BCUT2D eigenvalue weighted by Crippen LogP contribution is 2.30. The molecule has 2 fully saturated rings. The number of aliphatic imine (C=N–C) groups is 1. The molecule has 1 saturated carbocycles. The molecule has 1 aliphatic carbocycles. The van der Waals surface area contributed by atoms with Crippen LogP contribution in [0.2, 0.25) is 0 Å². The second-order valence-corrected chi connectivity index (χ2v) is 7.12. The predicted molar refractivity (Wildman–Crippen MR) is 119 cm³/mol. The number of likely N-dealkylation sites (tertiary alicyclic amines) is 1. The molecule has 0 atom stereocenters. The molecule has 0 bridgehead atoms. The van der Waals surface area contributed by atoms with Crippen molar-refractivity contribution < 1.29 is 4.74 Å². The Morgan fingerprint density at radius 3 is 2.65 bits per heavy atom. The smallest absolute Gasteiger partial charge is 0.191 e. The monoisotopic (exact) mass is 472 g/mol. The molecular formula is C20H33IN4O. The van der Waals surface area contributed by atoms with Crippen LogP contribution in [0.1, 0.15) is 37.7 Å². The highest BCUT2D eigenvalue weighted by Gasteiger charge is 2.22. The Morgan fingerprint density at radius 2 is 1.92 bits per heavy atom. The van der Waals surface area contributed by atoms with Gasteiger partial charge in [-0.25, -0.2) is 0 Å². The fourth-order valence-corrected chi connectivity index (χ4v) is 3.20. The van der Waals surface area contributed by atoms with E-state index < -0.39 is 0 Å². The van der Waals surface area contributed by atoms with Crippen molar-refractivity contribution in [2.24, 2.45) is 10.9 Å². The third-order valence-electron chi connectivity index (χ3n) is 4.98. The van der Waals surface area contributed by atoms with Crippen LogP contribution in [0.5, 0.6) is 5.75 Å². The topological polar surface area (TPSA) is 48.9 Å². The van der Waals surface area contributed by atoms with Crippen molar-refractivity contribution in [3.05, 3.63) is 29.8 Å². The Balaban J connectivity index is 0.00000243. The molecule has 1 saturated heterocycles. The minimum absolute atomic E-state index is 0. The van der Waals surface area contributed by atoms with Crippen LogP contribution in [-0.2, 0) is 6.54 Å². The molecule has 2 N–H and O–H groups in total. The molecule has 1 aliphatic heterocycles. The minimum Gasteiger partial charge on any atom is -0.493 e. The van der Waals surface area contributed by atoms with E-state index in [9.17, 15) is 0 Å². The minimum atomic E-state index is 0. The zero-order valence-electron chi connectivity index (χ0n) is 15.9. The van der Waals surface area contributed by atoms with Gasteiger partial charge >= 0.3 is 0 Å². The third-order valence-corrected chi connectivity index (χ3v) is 4.98. The molecule has 0 amide bonds. The van der Waals surface area contributed by atoms with Crippen LogP contribution in [0.15, 0.2) is 29.3 Å². The molecule has 146 valence electrons. The molecule has 1 aromatic rings. The third kappa shape index (κ3) is 7.31. The summed E-state index contributed by atoms with van der Waals surface area (Å²) in [6, 6.07) is 8.28. The van der Waals surface area contributed by atoms with E-state index in [0.717, 1.165) is 43.9 Å². The van der Waals surface area contributed by atoms with Crippen LogP contribution < -0.4 is 15.4 Å². The molecule has 2 aliphatic rings. The van der Waals surface area contributed by atoms with Crippen LogP contribution >= 0.6 is 24.0 Å². The Bertz CT molecular complexity index is 556. The van der Waals surface area contributed by atoms with E-state index in [1.54, 1.807) is 0 Å². The highest BCUT2D eigenvalue weighted by molar-refractivity contribution is 14.0. The summed E-state index contributed by atoms with van der Waals surface area (Å²) in [4.78, 5) is 6.87. The average Bonchev–Trinajstić information content (AvgIpc) is 3.49. The van der Waals surface area contributed by atoms with E-state index in [2.05, 4.69) is 38.7 Å². The first-order chi connectivity index (χ1) is 12.3. The van der Waals surface area contributed by atoms with Gasteiger partial charge in [0.25, 0.3) is 0 Å². The molecule has 1 aromatic carbocycles. The second-order valence-electron chi connectivity index (χ2n) is 7.12. The Hall–Kier alpha value is -1.02. The normalized spacial score (nSPS) is 18.1. The van der Waals surface area contributed by atoms with Gasteiger partial charge < -0.3 is 20.3 Å². The molecule has 0 unspecified atom stereocenters. The summed E-state index contributed by atoms with van der Waals surface area (Å²) in [5, 5.41) is 6.83. The number of nitrogens with one attached hydrogen (secondary N) is 2. The van der Waals surface area contributed by atoms with Gasteiger partial charge in [-0.3, -0.25) is 4.99 Å². The number of nitrogens with zero attached hydrogens (tertiary/aromatic N) is 2. The Kier molecular flexibility index (Phi) is 9.53. The van der Waals surface area contributed by atoms with E-state index in [0.29, 0.717) is 0 Å². The van der Waals surface area contributed by atoms with E-state index in [-0.39, 0.29) is 24.0 Å². The largest absolute Gasteiger partial charge is 0.493 e. The first-order valence-corrected chi connectivity index (χ1v) is 9.73. The quantitative estimate of drug-likeness (QED) is 0.347. The SMILES string of the molecule is CN=C(NCCN1CCCCC1)NCc1ccccc1OCC1CC1.I. The fourth-order valence-electron chi connectivity index (χ4n) is 3.20. The molecule has 1 heterocycles. The number of ether oxygens (including phenoxy) is 1. The van der Waals surface area contributed by atoms with E-state index >= 15 is 0 Å². The first kappa shape index (κ1) is 21.3. The predicted octanol–water partition coefficient (Wildman–Crippen LogP) is 3.24. The lowest BCUT2D eigenvalue weighted by Crippen LogP contribution is -2.42. The van der Waals surface area contributed by atoms with E-state index in [4.69, 9.17) is 4.74 Å².